The van der Waals surface area contributed by atoms with Gasteiger partial charge in [-0.25, -0.2) is 0 Å². The van der Waals surface area contributed by atoms with E-state index in [2.05, 4.69) is 0 Å². The maximum absolute atomic E-state index is 12.1. The molecule has 98 valence electrons. The third-order valence-electron chi connectivity index (χ3n) is 3.86. The minimum Gasteiger partial charge on any atom is -0.493 e. The molecule has 3 nitrogen and oxygen atoms in total. The van der Waals surface area contributed by atoms with Crippen molar-refractivity contribution in [3.63, 3.8) is 0 Å². The Labute approximate surface area is 112 Å². The second-order valence-electron chi connectivity index (χ2n) is 4.99. The number of benzene rings is 2. The lowest BCUT2D eigenvalue weighted by Gasteiger charge is -2.11. The van der Waals surface area contributed by atoms with Crippen LogP contribution in [0.4, 0.5) is 0 Å². The maximum atomic E-state index is 12.1. The van der Waals surface area contributed by atoms with Crippen molar-refractivity contribution in [1.29, 1.82) is 0 Å². The SMILES string of the molecule is COc1cc2ccc3c(c2cc1OC)C[C@H](C)C3=O. The summed E-state index contributed by atoms with van der Waals surface area (Å²) in [5.41, 5.74) is 1.99. The van der Waals surface area contributed by atoms with Gasteiger partial charge in [0.25, 0.3) is 0 Å². The highest BCUT2D eigenvalue weighted by molar-refractivity contribution is 6.07. The predicted molar refractivity (Wildman–Crippen MR) is 74.3 cm³/mol. The van der Waals surface area contributed by atoms with E-state index in [0.29, 0.717) is 11.5 Å². The molecule has 1 atom stereocenters. The van der Waals surface area contributed by atoms with Gasteiger partial charge in [-0.3, -0.25) is 4.79 Å². The summed E-state index contributed by atoms with van der Waals surface area (Å²) in [7, 11) is 3.25. The molecular weight excluding hydrogens is 240 g/mol. The lowest BCUT2D eigenvalue weighted by atomic mass is 10.00. The van der Waals surface area contributed by atoms with Crippen molar-refractivity contribution in [2.75, 3.05) is 14.2 Å². The van der Waals surface area contributed by atoms with Crippen LogP contribution < -0.4 is 9.47 Å². The second-order valence-corrected chi connectivity index (χ2v) is 4.99. The van der Waals surface area contributed by atoms with E-state index in [1.165, 1.54) is 0 Å². The first kappa shape index (κ1) is 12.0. The lowest BCUT2D eigenvalue weighted by Crippen LogP contribution is -2.02. The van der Waals surface area contributed by atoms with Crippen molar-refractivity contribution >= 4 is 16.6 Å². The minimum atomic E-state index is 0.0775. The van der Waals surface area contributed by atoms with Crippen LogP contribution in [-0.4, -0.2) is 20.0 Å². The third-order valence-corrected chi connectivity index (χ3v) is 3.86. The Morgan fingerprint density at radius 3 is 2.47 bits per heavy atom. The van der Waals surface area contributed by atoms with Crippen molar-refractivity contribution in [3.8, 4) is 11.5 Å². The average Bonchev–Trinajstić information content (AvgIpc) is 2.73. The first-order chi connectivity index (χ1) is 9.15. The van der Waals surface area contributed by atoms with Gasteiger partial charge in [0, 0.05) is 11.5 Å². The van der Waals surface area contributed by atoms with Crippen LogP contribution in [0.3, 0.4) is 0 Å². The Morgan fingerprint density at radius 1 is 1.11 bits per heavy atom. The van der Waals surface area contributed by atoms with E-state index in [0.717, 1.165) is 28.3 Å². The molecule has 0 aliphatic heterocycles. The van der Waals surface area contributed by atoms with Crippen molar-refractivity contribution in [2.45, 2.75) is 13.3 Å². The molecule has 0 saturated carbocycles. The summed E-state index contributed by atoms with van der Waals surface area (Å²) in [5.74, 6) is 1.74. The van der Waals surface area contributed by atoms with E-state index in [1.54, 1.807) is 14.2 Å². The van der Waals surface area contributed by atoms with Crippen molar-refractivity contribution in [1.82, 2.24) is 0 Å². The van der Waals surface area contributed by atoms with Crippen molar-refractivity contribution in [2.24, 2.45) is 5.92 Å². The Bertz CT molecular complexity index is 673. The Hall–Kier alpha value is -2.03. The summed E-state index contributed by atoms with van der Waals surface area (Å²) in [6.45, 7) is 1.98. The fourth-order valence-electron chi connectivity index (χ4n) is 2.83. The minimum absolute atomic E-state index is 0.0775. The number of carbonyl (C=O) groups is 1. The average molecular weight is 256 g/mol. The van der Waals surface area contributed by atoms with Crippen molar-refractivity contribution < 1.29 is 14.3 Å². The summed E-state index contributed by atoms with van der Waals surface area (Å²) in [4.78, 5) is 12.1. The summed E-state index contributed by atoms with van der Waals surface area (Å²) >= 11 is 0. The normalized spacial score (nSPS) is 17.6. The van der Waals surface area contributed by atoms with Gasteiger partial charge in [0.15, 0.2) is 17.3 Å². The molecule has 2 aromatic rings. The van der Waals surface area contributed by atoms with Crippen LogP contribution in [-0.2, 0) is 6.42 Å². The summed E-state index contributed by atoms with van der Waals surface area (Å²) in [6.07, 6.45) is 0.807. The van der Waals surface area contributed by atoms with Crippen molar-refractivity contribution in [3.05, 3.63) is 35.4 Å². The predicted octanol–water partition coefficient (Wildman–Crippen LogP) is 3.23. The zero-order valence-corrected chi connectivity index (χ0v) is 11.3. The Kier molecular flexibility index (Phi) is 2.70. The van der Waals surface area contributed by atoms with Gasteiger partial charge in [0.1, 0.15) is 0 Å². The highest BCUT2D eigenvalue weighted by atomic mass is 16.5. The number of hydrogen-bond acceptors (Lipinski definition) is 3. The van der Waals surface area contributed by atoms with Gasteiger partial charge in [0.2, 0.25) is 0 Å². The number of rotatable bonds is 2. The van der Waals surface area contributed by atoms with E-state index < -0.39 is 0 Å². The van der Waals surface area contributed by atoms with E-state index in [4.69, 9.17) is 9.47 Å². The molecule has 0 unspecified atom stereocenters. The fraction of sp³-hybridized carbons (Fsp3) is 0.312. The lowest BCUT2D eigenvalue weighted by molar-refractivity contribution is 0.0946. The second kappa shape index (κ2) is 4.26. The topological polar surface area (TPSA) is 35.5 Å². The monoisotopic (exact) mass is 256 g/mol. The molecule has 0 spiro atoms. The number of carbonyl (C=O) groups excluding carboxylic acids is 1. The standard InChI is InChI=1S/C16H16O3/c1-9-6-13-11(16(9)17)5-4-10-7-14(18-2)15(19-3)8-12(10)13/h4-5,7-9H,6H2,1-3H3/t9-/m0/s1. The highest BCUT2D eigenvalue weighted by Gasteiger charge is 2.28. The van der Waals surface area contributed by atoms with Gasteiger partial charge in [-0.05, 0) is 34.9 Å². The molecule has 3 heteroatoms. The number of ether oxygens (including phenoxy) is 2. The first-order valence-corrected chi connectivity index (χ1v) is 6.37. The van der Waals surface area contributed by atoms with E-state index >= 15 is 0 Å². The molecule has 0 N–H and O–H groups in total. The molecular formula is C16H16O3. The largest absolute Gasteiger partial charge is 0.493 e. The molecule has 0 aromatic heterocycles. The molecule has 0 saturated heterocycles. The van der Waals surface area contributed by atoms with Gasteiger partial charge in [-0.15, -0.1) is 0 Å². The number of hydrogen-bond donors (Lipinski definition) is 0. The molecule has 3 rings (SSSR count). The van der Waals surface area contributed by atoms with E-state index in [1.807, 2.05) is 31.2 Å². The van der Waals surface area contributed by atoms with Gasteiger partial charge in [0.05, 0.1) is 14.2 Å². The molecule has 0 bridgehead atoms. The maximum Gasteiger partial charge on any atom is 0.166 e. The molecule has 1 aliphatic rings. The van der Waals surface area contributed by atoms with Gasteiger partial charge in [-0.2, -0.15) is 0 Å². The van der Waals surface area contributed by atoms with Crippen LogP contribution in [0.2, 0.25) is 0 Å². The summed E-state index contributed by atoms with van der Waals surface area (Å²) < 4.78 is 10.7. The molecule has 0 fully saturated rings. The van der Waals surface area contributed by atoms with Gasteiger partial charge in [-0.1, -0.05) is 19.1 Å². The first-order valence-electron chi connectivity index (χ1n) is 6.37. The summed E-state index contributed by atoms with van der Waals surface area (Å²) in [6, 6.07) is 7.84. The third kappa shape index (κ3) is 1.69. The molecule has 0 amide bonds. The molecule has 19 heavy (non-hydrogen) atoms. The Morgan fingerprint density at radius 2 is 1.79 bits per heavy atom. The smallest absolute Gasteiger partial charge is 0.166 e. The van der Waals surface area contributed by atoms with Crippen LogP contribution in [0.1, 0.15) is 22.8 Å². The molecule has 1 aliphatic carbocycles. The highest BCUT2D eigenvalue weighted by Crippen LogP contribution is 2.38. The van der Waals surface area contributed by atoms with Gasteiger partial charge < -0.3 is 9.47 Å². The quantitative estimate of drug-likeness (QED) is 0.827. The van der Waals surface area contributed by atoms with Crippen LogP contribution in [0.15, 0.2) is 24.3 Å². The van der Waals surface area contributed by atoms with E-state index in [-0.39, 0.29) is 11.7 Å². The molecule has 0 radical (unpaired) electrons. The number of fused-ring (bicyclic) bond motifs is 3. The van der Waals surface area contributed by atoms with Crippen LogP contribution in [0.5, 0.6) is 11.5 Å². The van der Waals surface area contributed by atoms with E-state index in [9.17, 15) is 4.79 Å². The molecule has 0 heterocycles. The van der Waals surface area contributed by atoms with Crippen LogP contribution in [0.25, 0.3) is 10.8 Å². The zero-order valence-electron chi connectivity index (χ0n) is 11.3. The summed E-state index contributed by atoms with van der Waals surface area (Å²) in [5, 5.41) is 2.17. The fourth-order valence-corrected chi connectivity index (χ4v) is 2.83. The number of methoxy groups -OCH3 is 2. The van der Waals surface area contributed by atoms with Gasteiger partial charge >= 0.3 is 0 Å². The number of Topliss-reactive ketones (excluding diaryl/α,β-unsaturated/α-hetero) is 1. The number of ketones is 1. The molecule has 2 aromatic carbocycles. The van der Waals surface area contributed by atoms with Crippen LogP contribution in [0, 0.1) is 5.92 Å². The Balaban J connectivity index is 2.30. The zero-order chi connectivity index (χ0) is 13.6. The van der Waals surface area contributed by atoms with Crippen LogP contribution >= 0.6 is 0 Å².